The number of nitriles is 1. The Morgan fingerprint density at radius 1 is 1.18 bits per heavy atom. The number of carbonyl (C=O) groups is 3. The van der Waals surface area contributed by atoms with Crippen molar-refractivity contribution in [1.82, 2.24) is 10.2 Å². The lowest BCUT2D eigenvalue weighted by Crippen LogP contribution is -2.49. The Balaban J connectivity index is 1.67. The molecule has 0 radical (unpaired) electrons. The highest BCUT2D eigenvalue weighted by atomic mass is 16.2. The van der Waals surface area contributed by atoms with E-state index in [2.05, 4.69) is 16.7 Å². The predicted octanol–water partition coefficient (Wildman–Crippen LogP) is 1.94. The van der Waals surface area contributed by atoms with Crippen molar-refractivity contribution in [2.45, 2.75) is 13.5 Å². The summed E-state index contributed by atoms with van der Waals surface area (Å²) in [6.07, 6.45) is 0. The molecule has 3 rings (SSSR count). The van der Waals surface area contributed by atoms with Gasteiger partial charge >= 0.3 is 0 Å². The first-order chi connectivity index (χ1) is 13.5. The summed E-state index contributed by atoms with van der Waals surface area (Å²) >= 11 is 0. The van der Waals surface area contributed by atoms with Gasteiger partial charge in [-0.1, -0.05) is 12.1 Å². The third-order valence-electron chi connectivity index (χ3n) is 4.56. The minimum absolute atomic E-state index is 0.0678. The first-order valence-electron chi connectivity index (χ1n) is 8.92. The number of hydrogen-bond donors (Lipinski definition) is 2. The highest BCUT2D eigenvalue weighted by Crippen LogP contribution is 2.19. The number of nitrogens with one attached hydrogen (secondary N) is 2. The maximum atomic E-state index is 12.5. The van der Waals surface area contributed by atoms with Gasteiger partial charge in [0, 0.05) is 30.8 Å². The average Bonchev–Trinajstić information content (AvgIpc) is 2.71. The van der Waals surface area contributed by atoms with Crippen molar-refractivity contribution in [3.05, 3.63) is 64.7 Å². The Morgan fingerprint density at radius 2 is 1.89 bits per heavy atom. The summed E-state index contributed by atoms with van der Waals surface area (Å²) in [4.78, 5) is 37.0. The monoisotopic (exact) mass is 376 g/mol. The van der Waals surface area contributed by atoms with Crippen molar-refractivity contribution in [3.8, 4) is 6.07 Å². The van der Waals surface area contributed by atoms with Gasteiger partial charge in [-0.05, 0) is 42.8 Å². The fraction of sp³-hybridized carbons (Fsp3) is 0.238. The largest absolute Gasteiger partial charge is 0.380 e. The number of piperazine rings is 1. The van der Waals surface area contributed by atoms with Crippen LogP contribution in [0.2, 0.25) is 0 Å². The van der Waals surface area contributed by atoms with Crippen LogP contribution in [0.3, 0.4) is 0 Å². The van der Waals surface area contributed by atoms with Gasteiger partial charge in [-0.25, -0.2) is 0 Å². The van der Waals surface area contributed by atoms with Crippen LogP contribution in [-0.4, -0.2) is 42.1 Å². The third-order valence-corrected chi connectivity index (χ3v) is 4.56. The molecule has 0 spiro atoms. The molecular weight excluding hydrogens is 356 g/mol. The van der Waals surface area contributed by atoms with E-state index in [-0.39, 0.29) is 24.1 Å². The summed E-state index contributed by atoms with van der Waals surface area (Å²) in [5.41, 5.74) is 3.03. The van der Waals surface area contributed by atoms with Crippen LogP contribution in [0.5, 0.6) is 0 Å². The summed E-state index contributed by atoms with van der Waals surface area (Å²) in [5, 5.41) is 15.1. The highest BCUT2D eigenvalue weighted by Gasteiger charge is 2.22. The molecule has 1 aliphatic rings. The van der Waals surface area contributed by atoms with Crippen LogP contribution in [0, 0.1) is 11.3 Å². The van der Waals surface area contributed by atoms with Crippen LogP contribution in [0.25, 0.3) is 0 Å². The number of Topliss-reactive ketones (excluding diaryl/α,β-unsaturated/α-hetero) is 1. The molecule has 1 saturated heterocycles. The van der Waals surface area contributed by atoms with E-state index in [1.165, 1.54) is 11.8 Å². The molecule has 2 aromatic rings. The van der Waals surface area contributed by atoms with E-state index >= 15 is 0 Å². The molecule has 7 nitrogen and oxygen atoms in total. The molecule has 0 bridgehead atoms. The molecule has 142 valence electrons. The lowest BCUT2D eigenvalue weighted by Gasteiger charge is -2.26. The minimum Gasteiger partial charge on any atom is -0.380 e. The number of ketones is 1. The average molecular weight is 376 g/mol. The summed E-state index contributed by atoms with van der Waals surface area (Å²) in [6, 6.07) is 14.1. The first kappa shape index (κ1) is 19.1. The van der Waals surface area contributed by atoms with E-state index < -0.39 is 0 Å². The number of rotatable bonds is 5. The SMILES string of the molecule is CC(=O)c1ccc(C#N)c(NCc2ccc(C(=O)N3CCNC(=O)C3)cc2)c1. The second-order valence-electron chi connectivity index (χ2n) is 6.56. The molecule has 1 fully saturated rings. The summed E-state index contributed by atoms with van der Waals surface area (Å²) in [5.74, 6) is -0.390. The van der Waals surface area contributed by atoms with Gasteiger partial charge in [0.1, 0.15) is 6.07 Å². The Labute approximate surface area is 163 Å². The summed E-state index contributed by atoms with van der Waals surface area (Å²) in [6.45, 7) is 2.96. The lowest BCUT2D eigenvalue weighted by atomic mass is 10.1. The van der Waals surface area contributed by atoms with Gasteiger partial charge in [0.2, 0.25) is 5.91 Å². The molecule has 0 saturated carbocycles. The Hall–Kier alpha value is -3.66. The van der Waals surface area contributed by atoms with Crippen molar-refractivity contribution >= 4 is 23.3 Å². The molecular formula is C21H20N4O3. The second kappa shape index (κ2) is 8.35. The number of anilines is 1. The van der Waals surface area contributed by atoms with E-state index in [1.807, 2.05) is 12.1 Å². The van der Waals surface area contributed by atoms with Gasteiger partial charge in [-0.3, -0.25) is 14.4 Å². The Morgan fingerprint density at radius 3 is 2.54 bits per heavy atom. The molecule has 0 aliphatic carbocycles. The summed E-state index contributed by atoms with van der Waals surface area (Å²) in [7, 11) is 0. The van der Waals surface area contributed by atoms with E-state index in [0.29, 0.717) is 42.0 Å². The first-order valence-corrected chi connectivity index (χ1v) is 8.92. The van der Waals surface area contributed by atoms with Gasteiger partial charge in [0.15, 0.2) is 5.78 Å². The maximum Gasteiger partial charge on any atom is 0.254 e. The quantitative estimate of drug-likeness (QED) is 0.777. The molecule has 28 heavy (non-hydrogen) atoms. The van der Waals surface area contributed by atoms with Crippen molar-refractivity contribution in [2.24, 2.45) is 0 Å². The van der Waals surface area contributed by atoms with Gasteiger partial charge < -0.3 is 15.5 Å². The summed E-state index contributed by atoms with van der Waals surface area (Å²) < 4.78 is 0. The van der Waals surface area contributed by atoms with E-state index in [1.54, 1.807) is 30.3 Å². The number of carbonyl (C=O) groups excluding carboxylic acids is 3. The van der Waals surface area contributed by atoms with Crippen LogP contribution in [0.15, 0.2) is 42.5 Å². The molecule has 2 amide bonds. The van der Waals surface area contributed by atoms with E-state index in [4.69, 9.17) is 0 Å². The molecule has 7 heteroatoms. The van der Waals surface area contributed by atoms with Crippen LogP contribution < -0.4 is 10.6 Å². The third kappa shape index (κ3) is 4.35. The van der Waals surface area contributed by atoms with Crippen LogP contribution in [-0.2, 0) is 11.3 Å². The van der Waals surface area contributed by atoms with Crippen molar-refractivity contribution in [2.75, 3.05) is 25.0 Å². The Kier molecular flexibility index (Phi) is 5.70. The van der Waals surface area contributed by atoms with E-state index in [9.17, 15) is 19.6 Å². The van der Waals surface area contributed by atoms with Gasteiger partial charge in [-0.15, -0.1) is 0 Å². The Bertz CT molecular complexity index is 961. The highest BCUT2D eigenvalue weighted by molar-refractivity contribution is 5.97. The topological polar surface area (TPSA) is 102 Å². The predicted molar refractivity (Wildman–Crippen MR) is 104 cm³/mol. The number of nitrogens with zero attached hydrogens (tertiary/aromatic N) is 2. The van der Waals surface area contributed by atoms with Crippen LogP contribution >= 0.6 is 0 Å². The van der Waals surface area contributed by atoms with Crippen molar-refractivity contribution in [3.63, 3.8) is 0 Å². The smallest absolute Gasteiger partial charge is 0.254 e. The van der Waals surface area contributed by atoms with Gasteiger partial charge in [0.05, 0.1) is 17.8 Å². The standard InChI is InChI=1S/C21H20N4O3/c1-14(26)17-6-7-18(11-22)19(10-17)24-12-15-2-4-16(5-3-15)21(28)25-9-8-23-20(27)13-25/h2-7,10,24H,8-9,12-13H2,1H3,(H,23,27). The zero-order valence-electron chi connectivity index (χ0n) is 15.5. The molecule has 1 aliphatic heterocycles. The van der Waals surface area contributed by atoms with Crippen LogP contribution in [0.1, 0.15) is 38.8 Å². The minimum atomic E-state index is -0.171. The number of benzene rings is 2. The van der Waals surface area contributed by atoms with Gasteiger partial charge in [0.25, 0.3) is 5.91 Å². The fourth-order valence-corrected chi connectivity index (χ4v) is 2.96. The molecule has 0 aromatic heterocycles. The second-order valence-corrected chi connectivity index (χ2v) is 6.56. The molecule has 0 unspecified atom stereocenters. The zero-order valence-corrected chi connectivity index (χ0v) is 15.5. The maximum absolute atomic E-state index is 12.5. The molecule has 1 heterocycles. The van der Waals surface area contributed by atoms with E-state index in [0.717, 1.165) is 5.56 Å². The molecule has 0 atom stereocenters. The number of hydrogen-bond acceptors (Lipinski definition) is 5. The molecule has 2 N–H and O–H groups in total. The number of amides is 2. The van der Waals surface area contributed by atoms with Crippen LogP contribution in [0.4, 0.5) is 5.69 Å². The zero-order chi connectivity index (χ0) is 20.1. The van der Waals surface area contributed by atoms with Gasteiger partial charge in [-0.2, -0.15) is 5.26 Å². The fourth-order valence-electron chi connectivity index (χ4n) is 2.96. The lowest BCUT2D eigenvalue weighted by molar-refractivity contribution is -0.123. The van der Waals surface area contributed by atoms with Crippen molar-refractivity contribution in [1.29, 1.82) is 5.26 Å². The van der Waals surface area contributed by atoms with Crippen molar-refractivity contribution < 1.29 is 14.4 Å². The normalized spacial score (nSPS) is 13.4. The molecule has 2 aromatic carbocycles.